The van der Waals surface area contributed by atoms with Gasteiger partial charge in [0.2, 0.25) is 0 Å². The normalized spacial score (nSPS) is 39.9. The molecule has 0 aromatic rings. The van der Waals surface area contributed by atoms with Crippen molar-refractivity contribution in [2.75, 3.05) is 13.2 Å². The molecule has 1 nitrogen and oxygen atoms in total. The van der Waals surface area contributed by atoms with Crippen molar-refractivity contribution in [3.05, 3.63) is 0 Å². The second-order valence-corrected chi connectivity index (χ2v) is 4.10. The van der Waals surface area contributed by atoms with E-state index in [0.717, 1.165) is 36.9 Å². The SMILES string of the molecule is CC(C)[C@H]1C[C@H]1C1COC1. The molecule has 1 heterocycles. The van der Waals surface area contributed by atoms with Crippen molar-refractivity contribution >= 4 is 0 Å². The molecule has 1 saturated carbocycles. The highest BCUT2D eigenvalue weighted by atomic mass is 16.5. The minimum Gasteiger partial charge on any atom is -0.381 e. The molecule has 2 aliphatic rings. The molecule has 2 rings (SSSR count). The predicted molar refractivity (Wildman–Crippen MR) is 40.7 cm³/mol. The second kappa shape index (κ2) is 2.23. The zero-order valence-electron chi connectivity index (χ0n) is 6.84. The fourth-order valence-corrected chi connectivity index (χ4v) is 2.05. The maximum atomic E-state index is 5.16. The monoisotopic (exact) mass is 140 g/mol. The Balaban J connectivity index is 1.78. The molecule has 0 spiro atoms. The lowest BCUT2D eigenvalue weighted by molar-refractivity contribution is -0.0458. The summed E-state index contributed by atoms with van der Waals surface area (Å²) in [7, 11) is 0. The first kappa shape index (κ1) is 6.66. The summed E-state index contributed by atoms with van der Waals surface area (Å²) in [4.78, 5) is 0. The summed E-state index contributed by atoms with van der Waals surface area (Å²) in [5.41, 5.74) is 0. The Morgan fingerprint density at radius 2 is 2.00 bits per heavy atom. The summed E-state index contributed by atoms with van der Waals surface area (Å²) in [6.45, 7) is 6.77. The van der Waals surface area contributed by atoms with Crippen molar-refractivity contribution < 1.29 is 4.74 Å². The standard InChI is InChI=1S/C9H16O/c1-6(2)8-3-9(8)7-4-10-5-7/h6-9H,3-5H2,1-2H3/t8-,9+/m1/s1. The zero-order valence-corrected chi connectivity index (χ0v) is 6.84. The van der Waals surface area contributed by atoms with E-state index in [1.165, 1.54) is 6.42 Å². The fourth-order valence-electron chi connectivity index (χ4n) is 2.05. The molecule has 0 N–H and O–H groups in total. The first-order valence-electron chi connectivity index (χ1n) is 4.37. The van der Waals surface area contributed by atoms with Gasteiger partial charge in [-0.2, -0.15) is 0 Å². The quantitative estimate of drug-likeness (QED) is 0.569. The van der Waals surface area contributed by atoms with Gasteiger partial charge < -0.3 is 4.74 Å². The largest absolute Gasteiger partial charge is 0.381 e. The topological polar surface area (TPSA) is 9.23 Å². The first-order chi connectivity index (χ1) is 4.79. The van der Waals surface area contributed by atoms with Gasteiger partial charge in [0.1, 0.15) is 0 Å². The summed E-state index contributed by atoms with van der Waals surface area (Å²) in [6, 6.07) is 0. The van der Waals surface area contributed by atoms with Gasteiger partial charge in [0, 0.05) is 5.92 Å². The Morgan fingerprint density at radius 3 is 2.30 bits per heavy atom. The Morgan fingerprint density at radius 1 is 1.30 bits per heavy atom. The molecule has 0 aromatic heterocycles. The zero-order chi connectivity index (χ0) is 7.14. The summed E-state index contributed by atoms with van der Waals surface area (Å²) >= 11 is 0. The molecule has 2 fully saturated rings. The van der Waals surface area contributed by atoms with Gasteiger partial charge in [-0.05, 0) is 24.2 Å². The number of ether oxygens (including phenoxy) is 1. The van der Waals surface area contributed by atoms with Crippen molar-refractivity contribution in [3.63, 3.8) is 0 Å². The van der Waals surface area contributed by atoms with Crippen LogP contribution in [0.25, 0.3) is 0 Å². The van der Waals surface area contributed by atoms with Gasteiger partial charge in [-0.25, -0.2) is 0 Å². The molecule has 0 aromatic carbocycles. The van der Waals surface area contributed by atoms with Crippen LogP contribution in [0.3, 0.4) is 0 Å². The lowest BCUT2D eigenvalue weighted by atomic mass is 9.97. The average Bonchev–Trinajstić information content (AvgIpc) is 2.40. The molecule has 0 unspecified atom stereocenters. The van der Waals surface area contributed by atoms with E-state index in [4.69, 9.17) is 4.74 Å². The van der Waals surface area contributed by atoms with Gasteiger partial charge in [-0.15, -0.1) is 0 Å². The molecule has 0 amide bonds. The Hall–Kier alpha value is -0.0400. The van der Waals surface area contributed by atoms with Crippen LogP contribution in [0, 0.1) is 23.7 Å². The number of rotatable bonds is 2. The van der Waals surface area contributed by atoms with E-state index in [2.05, 4.69) is 13.8 Å². The van der Waals surface area contributed by atoms with E-state index < -0.39 is 0 Å². The minimum atomic E-state index is 0.908. The van der Waals surface area contributed by atoms with Crippen LogP contribution < -0.4 is 0 Å². The third kappa shape index (κ3) is 0.968. The maximum absolute atomic E-state index is 5.16. The molecule has 10 heavy (non-hydrogen) atoms. The van der Waals surface area contributed by atoms with Gasteiger partial charge >= 0.3 is 0 Å². The average molecular weight is 140 g/mol. The van der Waals surface area contributed by atoms with Gasteiger partial charge in [0.05, 0.1) is 13.2 Å². The number of hydrogen-bond acceptors (Lipinski definition) is 1. The molecular formula is C9H16O. The van der Waals surface area contributed by atoms with E-state index in [-0.39, 0.29) is 0 Å². The lowest BCUT2D eigenvalue weighted by Crippen LogP contribution is -2.30. The van der Waals surface area contributed by atoms with Crippen molar-refractivity contribution in [3.8, 4) is 0 Å². The van der Waals surface area contributed by atoms with Crippen LogP contribution in [0.5, 0.6) is 0 Å². The summed E-state index contributed by atoms with van der Waals surface area (Å²) < 4.78 is 5.16. The van der Waals surface area contributed by atoms with Gasteiger partial charge in [0.15, 0.2) is 0 Å². The third-order valence-corrected chi connectivity index (χ3v) is 3.02. The fraction of sp³-hybridized carbons (Fsp3) is 1.00. The van der Waals surface area contributed by atoms with Crippen LogP contribution in [0.4, 0.5) is 0 Å². The van der Waals surface area contributed by atoms with Gasteiger partial charge in [0.25, 0.3) is 0 Å². The number of hydrogen-bond donors (Lipinski definition) is 0. The molecule has 2 atom stereocenters. The van der Waals surface area contributed by atoms with Crippen molar-refractivity contribution in [1.29, 1.82) is 0 Å². The van der Waals surface area contributed by atoms with E-state index in [0.29, 0.717) is 0 Å². The van der Waals surface area contributed by atoms with Crippen LogP contribution in [0.1, 0.15) is 20.3 Å². The van der Waals surface area contributed by atoms with E-state index in [9.17, 15) is 0 Å². The highest BCUT2D eigenvalue weighted by Crippen LogP contribution is 2.50. The van der Waals surface area contributed by atoms with Crippen molar-refractivity contribution in [2.45, 2.75) is 20.3 Å². The van der Waals surface area contributed by atoms with E-state index in [1.54, 1.807) is 0 Å². The van der Waals surface area contributed by atoms with Gasteiger partial charge in [-0.3, -0.25) is 0 Å². The summed E-state index contributed by atoms with van der Waals surface area (Å²) in [6.07, 6.45) is 1.48. The molecule has 1 aliphatic heterocycles. The van der Waals surface area contributed by atoms with Crippen LogP contribution in [-0.2, 0) is 4.74 Å². The van der Waals surface area contributed by atoms with Crippen LogP contribution in [-0.4, -0.2) is 13.2 Å². The molecule has 1 saturated heterocycles. The molecule has 0 radical (unpaired) electrons. The van der Waals surface area contributed by atoms with Crippen molar-refractivity contribution in [2.24, 2.45) is 23.7 Å². The smallest absolute Gasteiger partial charge is 0.0519 e. The minimum absolute atomic E-state index is 0.908. The molecule has 1 aliphatic carbocycles. The van der Waals surface area contributed by atoms with Gasteiger partial charge in [-0.1, -0.05) is 13.8 Å². The molecule has 1 heteroatoms. The summed E-state index contributed by atoms with van der Waals surface area (Å²) in [5, 5.41) is 0. The third-order valence-electron chi connectivity index (χ3n) is 3.02. The second-order valence-electron chi connectivity index (χ2n) is 4.10. The van der Waals surface area contributed by atoms with Crippen LogP contribution in [0.2, 0.25) is 0 Å². The Kier molecular flexibility index (Phi) is 1.48. The van der Waals surface area contributed by atoms with E-state index >= 15 is 0 Å². The summed E-state index contributed by atoms with van der Waals surface area (Å²) in [5.74, 6) is 3.92. The molecule has 0 bridgehead atoms. The molecular weight excluding hydrogens is 124 g/mol. The Bertz CT molecular complexity index is 127. The van der Waals surface area contributed by atoms with E-state index in [1.807, 2.05) is 0 Å². The lowest BCUT2D eigenvalue weighted by Gasteiger charge is -2.26. The highest BCUT2D eigenvalue weighted by molar-refractivity contribution is 4.94. The predicted octanol–water partition coefficient (Wildman–Crippen LogP) is 1.92. The first-order valence-corrected chi connectivity index (χ1v) is 4.37. The highest BCUT2D eigenvalue weighted by Gasteiger charge is 2.46. The van der Waals surface area contributed by atoms with Crippen LogP contribution in [0.15, 0.2) is 0 Å². The Labute approximate surface area is 62.8 Å². The molecule has 58 valence electrons. The maximum Gasteiger partial charge on any atom is 0.0519 e. The van der Waals surface area contributed by atoms with Crippen molar-refractivity contribution in [1.82, 2.24) is 0 Å². The van der Waals surface area contributed by atoms with Crippen LogP contribution >= 0.6 is 0 Å².